The number of imidazole rings is 1. The summed E-state index contributed by atoms with van der Waals surface area (Å²) in [5.74, 6) is 1.86. The molecule has 2 amide bonds. The molecule has 0 unspecified atom stereocenters. The number of nitrogens with two attached hydrogens (primary N) is 1. The predicted molar refractivity (Wildman–Crippen MR) is 177 cm³/mol. The molecule has 5 atom stereocenters. The number of piperidine rings is 1. The van der Waals surface area contributed by atoms with Gasteiger partial charge in [0.1, 0.15) is 16.9 Å². The van der Waals surface area contributed by atoms with Gasteiger partial charge in [0.15, 0.2) is 5.82 Å². The monoisotopic (exact) mass is 627 g/mol. The van der Waals surface area contributed by atoms with Gasteiger partial charge >= 0.3 is 0 Å². The number of fused-ring (bicyclic) bond motifs is 3. The molecule has 2 aliphatic heterocycles. The highest BCUT2D eigenvalue weighted by molar-refractivity contribution is 6.00. The Morgan fingerprint density at radius 3 is 2.67 bits per heavy atom. The molecule has 4 aromatic rings. The first-order valence-electron chi connectivity index (χ1n) is 16.6. The molecule has 3 aromatic heterocycles. The molecule has 0 radical (unpaired) electrons. The lowest BCUT2D eigenvalue weighted by atomic mass is 10.0. The van der Waals surface area contributed by atoms with Crippen molar-refractivity contribution in [3.05, 3.63) is 41.6 Å². The lowest BCUT2D eigenvalue weighted by Crippen LogP contribution is -2.53. The highest BCUT2D eigenvalue weighted by Gasteiger charge is 2.55. The molecular weight excluding hydrogens is 582 g/mol. The fourth-order valence-corrected chi connectivity index (χ4v) is 7.66. The van der Waals surface area contributed by atoms with Crippen LogP contribution in [0.4, 0.5) is 0 Å². The van der Waals surface area contributed by atoms with Gasteiger partial charge in [0.05, 0.1) is 36.2 Å². The first-order chi connectivity index (χ1) is 22.1. The van der Waals surface area contributed by atoms with Crippen LogP contribution in [-0.2, 0) is 23.1 Å². The largest absolute Gasteiger partial charge is 0.494 e. The van der Waals surface area contributed by atoms with Gasteiger partial charge < -0.3 is 34.6 Å². The highest BCUT2D eigenvalue weighted by Crippen LogP contribution is 2.55. The van der Waals surface area contributed by atoms with E-state index >= 15 is 0 Å². The van der Waals surface area contributed by atoms with Gasteiger partial charge in [-0.25, -0.2) is 9.97 Å². The molecular formula is C35H45N7O4. The number of benzene rings is 1. The Hall–Kier alpha value is -3.96. The molecule has 3 N–H and O–H groups in total. The van der Waals surface area contributed by atoms with E-state index in [4.69, 9.17) is 25.2 Å². The Morgan fingerprint density at radius 1 is 1.09 bits per heavy atom. The fraction of sp³-hybridized carbons (Fsp3) is 0.543. The summed E-state index contributed by atoms with van der Waals surface area (Å²) in [4.78, 5) is 38.9. The molecule has 1 saturated carbocycles. The third-order valence-corrected chi connectivity index (χ3v) is 10.7. The van der Waals surface area contributed by atoms with E-state index in [0.29, 0.717) is 42.3 Å². The van der Waals surface area contributed by atoms with Gasteiger partial charge in [-0.2, -0.15) is 0 Å². The number of hydrogen-bond acceptors (Lipinski definition) is 7. The quantitative estimate of drug-likeness (QED) is 0.339. The number of nitrogens with one attached hydrogen (secondary N) is 1. The third kappa shape index (κ3) is 5.13. The van der Waals surface area contributed by atoms with Crippen LogP contribution >= 0.6 is 0 Å². The molecule has 244 valence electrons. The van der Waals surface area contributed by atoms with Gasteiger partial charge in [0.25, 0.3) is 5.91 Å². The summed E-state index contributed by atoms with van der Waals surface area (Å²) in [7, 11) is 5.27. The van der Waals surface area contributed by atoms with Crippen molar-refractivity contribution in [2.75, 3.05) is 27.3 Å². The second-order valence-corrected chi connectivity index (χ2v) is 13.7. The van der Waals surface area contributed by atoms with Crippen molar-refractivity contribution in [3.63, 3.8) is 0 Å². The predicted octanol–water partition coefficient (Wildman–Crippen LogP) is 4.56. The van der Waals surface area contributed by atoms with Crippen LogP contribution in [0.3, 0.4) is 0 Å². The van der Waals surface area contributed by atoms with Gasteiger partial charge in [-0.15, -0.1) is 0 Å². The lowest BCUT2D eigenvalue weighted by Gasteiger charge is -2.36. The van der Waals surface area contributed by atoms with Gasteiger partial charge in [-0.3, -0.25) is 9.59 Å². The van der Waals surface area contributed by atoms with Crippen molar-refractivity contribution < 1.29 is 19.1 Å². The van der Waals surface area contributed by atoms with Crippen LogP contribution in [0.25, 0.3) is 33.6 Å². The Morgan fingerprint density at radius 2 is 1.91 bits per heavy atom. The number of methoxy groups -OCH3 is 2. The molecule has 0 spiro atoms. The molecule has 11 heteroatoms. The molecule has 1 saturated heterocycles. The van der Waals surface area contributed by atoms with Crippen LogP contribution < -0.4 is 15.8 Å². The maximum atomic E-state index is 13.7. The van der Waals surface area contributed by atoms with Crippen molar-refractivity contribution in [2.45, 2.75) is 77.1 Å². The van der Waals surface area contributed by atoms with Crippen LogP contribution in [0, 0.1) is 11.3 Å². The molecule has 3 aliphatic rings. The molecule has 1 aromatic carbocycles. The number of carbonyl (C=O) groups is 2. The molecule has 2 fully saturated rings. The second kappa shape index (κ2) is 11.7. The number of rotatable bonds is 4. The average molecular weight is 628 g/mol. The summed E-state index contributed by atoms with van der Waals surface area (Å²) in [5, 5.41) is 4.26. The van der Waals surface area contributed by atoms with Gasteiger partial charge in [-0.05, 0) is 68.9 Å². The number of aromatic nitrogens is 4. The first kappa shape index (κ1) is 30.7. The molecule has 1 aliphatic carbocycles. The van der Waals surface area contributed by atoms with E-state index in [1.54, 1.807) is 25.2 Å². The Balaban J connectivity index is 1.27. The van der Waals surface area contributed by atoms with Crippen LogP contribution in [-0.4, -0.2) is 75.3 Å². The number of hydrogen-bond donors (Lipinski definition) is 2. The zero-order chi connectivity index (χ0) is 32.3. The zero-order valence-corrected chi connectivity index (χ0v) is 27.5. The minimum absolute atomic E-state index is 0.0514. The third-order valence-electron chi connectivity index (χ3n) is 10.7. The van der Waals surface area contributed by atoms with Crippen LogP contribution in [0.15, 0.2) is 30.3 Å². The molecule has 5 heterocycles. The van der Waals surface area contributed by atoms with Gasteiger partial charge in [0.2, 0.25) is 5.91 Å². The van der Waals surface area contributed by atoms with Gasteiger partial charge in [-0.1, -0.05) is 19.8 Å². The van der Waals surface area contributed by atoms with Crippen LogP contribution in [0.2, 0.25) is 0 Å². The molecule has 2 bridgehead atoms. The zero-order valence-electron chi connectivity index (χ0n) is 27.5. The SMILES string of the molecule is COc1cc(C(=O)N2CC[C@@H](OC)[C@@H](N)C2)cc2nc(-c3cc4ccc5nc4n3CCCCC[C@H]3C[C@]3(C)C(=O)N[C@@H]5C)n(C)c12. The van der Waals surface area contributed by atoms with Crippen molar-refractivity contribution in [1.82, 2.24) is 29.3 Å². The number of ether oxygens (including phenoxy) is 2. The van der Waals surface area contributed by atoms with Crippen LogP contribution in [0.5, 0.6) is 5.75 Å². The first-order valence-corrected chi connectivity index (χ1v) is 16.6. The van der Waals surface area contributed by atoms with E-state index in [0.717, 1.165) is 72.4 Å². The smallest absolute Gasteiger partial charge is 0.254 e. The number of nitrogens with zero attached hydrogens (tertiary/aromatic N) is 5. The summed E-state index contributed by atoms with van der Waals surface area (Å²) >= 11 is 0. The maximum Gasteiger partial charge on any atom is 0.254 e. The Labute approximate surface area is 269 Å². The number of likely N-dealkylation sites (tertiary alicyclic amines) is 1. The lowest BCUT2D eigenvalue weighted by molar-refractivity contribution is -0.127. The van der Waals surface area contributed by atoms with Crippen molar-refractivity contribution in [2.24, 2.45) is 24.1 Å². The number of aryl methyl sites for hydroxylation is 2. The highest BCUT2D eigenvalue weighted by atomic mass is 16.5. The van der Waals surface area contributed by atoms with Crippen LogP contribution in [0.1, 0.15) is 74.5 Å². The second-order valence-electron chi connectivity index (χ2n) is 13.7. The number of carbonyl (C=O) groups excluding carboxylic acids is 2. The van der Waals surface area contributed by atoms with Crippen molar-refractivity contribution in [1.29, 1.82) is 0 Å². The summed E-state index contributed by atoms with van der Waals surface area (Å²) in [5.41, 5.74) is 10.8. The number of amides is 2. The molecule has 11 nitrogen and oxygen atoms in total. The topological polar surface area (TPSA) is 130 Å². The van der Waals surface area contributed by atoms with Crippen molar-refractivity contribution >= 4 is 33.9 Å². The van der Waals surface area contributed by atoms with E-state index in [2.05, 4.69) is 28.9 Å². The maximum absolute atomic E-state index is 13.7. The molecule has 7 rings (SSSR count). The summed E-state index contributed by atoms with van der Waals surface area (Å²) in [6.45, 7) is 5.93. The minimum Gasteiger partial charge on any atom is -0.494 e. The van der Waals surface area contributed by atoms with E-state index in [-0.39, 0.29) is 35.4 Å². The Kier molecular flexibility index (Phi) is 7.79. The van der Waals surface area contributed by atoms with E-state index < -0.39 is 0 Å². The number of pyridine rings is 1. The van der Waals surface area contributed by atoms with Gasteiger partial charge in [0, 0.05) is 56.2 Å². The summed E-state index contributed by atoms with van der Waals surface area (Å²) in [6.07, 6.45) is 5.87. The minimum atomic E-state index is -0.255. The summed E-state index contributed by atoms with van der Waals surface area (Å²) < 4.78 is 15.6. The fourth-order valence-electron chi connectivity index (χ4n) is 7.66. The Bertz CT molecular complexity index is 1830. The normalized spacial score (nSPS) is 27.0. The van der Waals surface area contributed by atoms with E-state index in [1.807, 2.05) is 30.7 Å². The van der Waals surface area contributed by atoms with E-state index in [1.165, 1.54) is 0 Å². The molecule has 46 heavy (non-hydrogen) atoms. The standard InChI is InChI=1S/C35H45N7O4/c1-20-25-11-10-21-16-27(42(31(21)38-25)13-8-6-7-9-23-18-35(23,2)34(44)37-20)32-39-26-15-22(17-29(46-5)30(26)40(32)3)33(43)41-14-12-28(45-4)24(36)19-41/h10-11,15-17,20,23-24,28H,6-9,12-14,18-19,36H2,1-5H3,(H,37,44)/t20-,23+,24+,28-,35+/m1/s1. The van der Waals surface area contributed by atoms with E-state index in [9.17, 15) is 9.59 Å². The van der Waals surface area contributed by atoms with Crippen molar-refractivity contribution in [3.8, 4) is 17.3 Å². The summed E-state index contributed by atoms with van der Waals surface area (Å²) in [6, 6.07) is 9.47. The average Bonchev–Trinajstić information content (AvgIpc) is 3.42.